The van der Waals surface area contributed by atoms with Crippen molar-refractivity contribution in [3.05, 3.63) is 59.7 Å². The van der Waals surface area contributed by atoms with Crippen LogP contribution in [0.15, 0.2) is 48.5 Å². The van der Waals surface area contributed by atoms with Crippen LogP contribution in [0.3, 0.4) is 0 Å². The molecule has 3 aromatic rings. The molecule has 0 aliphatic heterocycles. The Hall–Kier alpha value is -4.13. The van der Waals surface area contributed by atoms with Crippen molar-refractivity contribution in [1.29, 1.82) is 0 Å². The van der Waals surface area contributed by atoms with E-state index in [1.165, 1.54) is 18.2 Å². The molecule has 1 atom stereocenters. The van der Waals surface area contributed by atoms with Gasteiger partial charge < -0.3 is 30.3 Å². The zero-order valence-electron chi connectivity index (χ0n) is 17.7. The Morgan fingerprint density at radius 2 is 1.79 bits per heavy atom. The molecule has 0 saturated carbocycles. The summed E-state index contributed by atoms with van der Waals surface area (Å²) in [5, 5.41) is 25.3. The molecule has 0 radical (unpaired) electrons. The molecule has 0 saturated heterocycles. The van der Waals surface area contributed by atoms with Gasteiger partial charge in [-0.05, 0) is 17.7 Å². The SMILES string of the molecule is COC(=O)c1ccc(Nc2nc(NC(CO)c3ccccc3)nc(OCC(F)(F)F)n2)cc1O. The molecule has 0 aliphatic carbocycles. The number of methoxy groups -OCH3 is 1. The van der Waals surface area contributed by atoms with Gasteiger partial charge in [-0.3, -0.25) is 0 Å². The molecule has 13 heteroatoms. The van der Waals surface area contributed by atoms with Crippen LogP contribution in [-0.2, 0) is 4.74 Å². The summed E-state index contributed by atoms with van der Waals surface area (Å²) in [6.07, 6.45) is -4.62. The highest BCUT2D eigenvalue weighted by atomic mass is 19.4. The van der Waals surface area contributed by atoms with E-state index < -0.39 is 36.6 Å². The molecule has 4 N–H and O–H groups in total. The first-order chi connectivity index (χ1) is 16.2. The van der Waals surface area contributed by atoms with Gasteiger partial charge in [0.1, 0.15) is 11.3 Å². The summed E-state index contributed by atoms with van der Waals surface area (Å²) >= 11 is 0. The second-order valence-electron chi connectivity index (χ2n) is 6.81. The van der Waals surface area contributed by atoms with Crippen molar-refractivity contribution in [2.24, 2.45) is 0 Å². The van der Waals surface area contributed by atoms with Crippen molar-refractivity contribution >= 4 is 23.6 Å². The van der Waals surface area contributed by atoms with Crippen LogP contribution in [0.1, 0.15) is 22.0 Å². The summed E-state index contributed by atoms with van der Waals surface area (Å²) in [7, 11) is 1.16. The number of ether oxygens (including phenoxy) is 2. The molecule has 10 nitrogen and oxygen atoms in total. The maximum Gasteiger partial charge on any atom is 0.422 e. The van der Waals surface area contributed by atoms with Crippen LogP contribution < -0.4 is 15.4 Å². The van der Waals surface area contributed by atoms with Crippen LogP contribution in [0.25, 0.3) is 0 Å². The van der Waals surface area contributed by atoms with E-state index in [1.54, 1.807) is 30.3 Å². The van der Waals surface area contributed by atoms with E-state index in [2.05, 4.69) is 35.1 Å². The van der Waals surface area contributed by atoms with Crippen molar-refractivity contribution in [3.8, 4) is 11.8 Å². The summed E-state index contributed by atoms with van der Waals surface area (Å²) in [6.45, 7) is -1.99. The van der Waals surface area contributed by atoms with Crippen molar-refractivity contribution in [2.75, 3.05) is 31.0 Å². The minimum absolute atomic E-state index is 0.0890. The molecule has 2 aromatic carbocycles. The van der Waals surface area contributed by atoms with Gasteiger partial charge in [0.2, 0.25) is 11.9 Å². The zero-order valence-corrected chi connectivity index (χ0v) is 17.7. The number of rotatable bonds is 9. The van der Waals surface area contributed by atoms with E-state index in [4.69, 9.17) is 0 Å². The van der Waals surface area contributed by atoms with Crippen molar-refractivity contribution in [2.45, 2.75) is 12.2 Å². The molecule has 0 bridgehead atoms. The number of phenols is 1. The maximum atomic E-state index is 12.6. The highest BCUT2D eigenvalue weighted by Gasteiger charge is 2.29. The molecule has 1 heterocycles. The van der Waals surface area contributed by atoms with Crippen LogP contribution in [0.5, 0.6) is 11.8 Å². The number of aromatic hydroxyl groups is 1. The van der Waals surface area contributed by atoms with Gasteiger partial charge in [0, 0.05) is 11.8 Å². The summed E-state index contributed by atoms with van der Waals surface area (Å²) in [5.74, 6) is -1.55. The van der Waals surface area contributed by atoms with Gasteiger partial charge in [0.25, 0.3) is 0 Å². The Morgan fingerprint density at radius 1 is 1.09 bits per heavy atom. The average molecular weight is 479 g/mol. The van der Waals surface area contributed by atoms with Gasteiger partial charge in [-0.1, -0.05) is 30.3 Å². The van der Waals surface area contributed by atoms with Crippen LogP contribution in [0, 0.1) is 0 Å². The number of hydrogen-bond acceptors (Lipinski definition) is 10. The van der Waals surface area contributed by atoms with Gasteiger partial charge >= 0.3 is 18.2 Å². The molecular weight excluding hydrogens is 459 g/mol. The maximum absolute atomic E-state index is 12.6. The minimum atomic E-state index is -4.62. The number of aliphatic hydroxyl groups excluding tert-OH is 1. The van der Waals surface area contributed by atoms with Gasteiger partial charge in [-0.2, -0.15) is 28.1 Å². The Balaban J connectivity index is 1.89. The Labute approximate surface area is 191 Å². The molecule has 1 unspecified atom stereocenters. The number of hydrogen-bond donors (Lipinski definition) is 4. The van der Waals surface area contributed by atoms with Crippen LogP contribution in [0.2, 0.25) is 0 Å². The summed E-state index contributed by atoms with van der Waals surface area (Å²) in [4.78, 5) is 23.4. The van der Waals surface area contributed by atoms with E-state index in [0.717, 1.165) is 7.11 Å². The Kier molecular flexibility index (Phi) is 7.68. The summed E-state index contributed by atoms with van der Waals surface area (Å²) < 4.78 is 47.1. The van der Waals surface area contributed by atoms with Crippen molar-refractivity contribution in [3.63, 3.8) is 0 Å². The molecule has 3 rings (SSSR count). The van der Waals surface area contributed by atoms with Crippen molar-refractivity contribution in [1.82, 2.24) is 15.0 Å². The number of carbonyl (C=O) groups is 1. The van der Waals surface area contributed by atoms with Crippen LogP contribution >= 0.6 is 0 Å². The van der Waals surface area contributed by atoms with Gasteiger partial charge in [-0.15, -0.1) is 0 Å². The van der Waals surface area contributed by atoms with E-state index >= 15 is 0 Å². The fourth-order valence-electron chi connectivity index (χ4n) is 2.78. The Morgan fingerprint density at radius 3 is 2.41 bits per heavy atom. The number of esters is 1. The third-order valence-corrected chi connectivity index (χ3v) is 4.33. The van der Waals surface area contributed by atoms with Gasteiger partial charge in [0.05, 0.1) is 19.8 Å². The first-order valence-corrected chi connectivity index (χ1v) is 9.75. The number of nitrogens with zero attached hydrogens (tertiary/aromatic N) is 3. The lowest BCUT2D eigenvalue weighted by atomic mass is 10.1. The highest BCUT2D eigenvalue weighted by molar-refractivity contribution is 5.93. The third-order valence-electron chi connectivity index (χ3n) is 4.33. The number of benzene rings is 2. The molecule has 0 amide bonds. The number of phenolic OH excluding ortho intramolecular Hbond substituents is 1. The van der Waals surface area contributed by atoms with Gasteiger partial charge in [0.15, 0.2) is 6.61 Å². The van der Waals surface area contributed by atoms with E-state index in [0.29, 0.717) is 5.56 Å². The molecular formula is C21H20F3N5O5. The molecule has 34 heavy (non-hydrogen) atoms. The molecule has 1 aromatic heterocycles. The number of alkyl halides is 3. The molecule has 0 fully saturated rings. The number of carbonyl (C=O) groups excluding carboxylic acids is 1. The minimum Gasteiger partial charge on any atom is -0.507 e. The summed E-state index contributed by atoms with van der Waals surface area (Å²) in [5.41, 5.74) is 0.806. The predicted octanol–water partition coefficient (Wildman–Crippen LogP) is 3.19. The van der Waals surface area contributed by atoms with E-state index in [-0.39, 0.29) is 29.8 Å². The number of nitrogens with one attached hydrogen (secondary N) is 2. The fraction of sp³-hybridized carbons (Fsp3) is 0.238. The van der Waals surface area contributed by atoms with Crippen LogP contribution in [-0.4, -0.2) is 57.6 Å². The molecule has 0 aliphatic rings. The quantitative estimate of drug-likeness (QED) is 0.339. The standard InChI is InChI=1S/C21H20F3N5O5/c1-33-17(32)14-8-7-13(9-16(14)31)25-18-27-19(29-20(28-18)34-11-21(22,23)24)26-15(10-30)12-5-3-2-4-6-12/h2-9,15,30-31H,10-11H2,1H3,(H2,25,26,27,28,29). The van der Waals surface area contributed by atoms with Gasteiger partial charge in [-0.25, -0.2) is 4.79 Å². The number of anilines is 3. The highest BCUT2D eigenvalue weighted by Crippen LogP contribution is 2.26. The number of aliphatic hydroxyl groups is 1. The van der Waals surface area contributed by atoms with Crippen molar-refractivity contribution < 1.29 is 37.7 Å². The first kappa shape index (κ1) is 24.5. The molecule has 180 valence electrons. The second-order valence-corrected chi connectivity index (χ2v) is 6.81. The lowest BCUT2D eigenvalue weighted by molar-refractivity contribution is -0.154. The summed E-state index contributed by atoms with van der Waals surface area (Å²) in [6, 6.07) is 11.3. The Bertz CT molecular complexity index is 1130. The number of halogens is 3. The van der Waals surface area contributed by atoms with Crippen LogP contribution in [0.4, 0.5) is 30.8 Å². The smallest absolute Gasteiger partial charge is 0.422 e. The average Bonchev–Trinajstić information content (AvgIpc) is 2.81. The van der Waals surface area contributed by atoms with E-state index in [9.17, 15) is 28.2 Å². The number of aromatic nitrogens is 3. The zero-order chi connectivity index (χ0) is 24.7. The first-order valence-electron chi connectivity index (χ1n) is 9.75. The molecule has 0 spiro atoms. The van der Waals surface area contributed by atoms with E-state index in [1.807, 2.05) is 0 Å². The monoisotopic (exact) mass is 479 g/mol. The predicted molar refractivity (Wildman–Crippen MR) is 114 cm³/mol. The normalized spacial score (nSPS) is 12.0. The largest absolute Gasteiger partial charge is 0.507 e. The fourth-order valence-corrected chi connectivity index (χ4v) is 2.78. The lowest BCUT2D eigenvalue weighted by Gasteiger charge is -2.18. The third kappa shape index (κ3) is 6.68. The second kappa shape index (κ2) is 10.7. The topological polar surface area (TPSA) is 139 Å². The lowest BCUT2D eigenvalue weighted by Crippen LogP contribution is -2.21.